The topological polar surface area (TPSA) is 12.0 Å². The van der Waals surface area contributed by atoms with Crippen molar-refractivity contribution in [2.75, 3.05) is 14.1 Å². The van der Waals surface area contributed by atoms with Crippen molar-refractivity contribution in [3.8, 4) is 0 Å². The average Bonchev–Trinajstić information content (AvgIpc) is 3.32. The summed E-state index contributed by atoms with van der Waals surface area (Å²) in [6, 6.07) is 0. The van der Waals surface area contributed by atoms with Gasteiger partial charge in [-0.3, -0.25) is 0 Å². The summed E-state index contributed by atoms with van der Waals surface area (Å²) in [5.74, 6) is 0. The van der Waals surface area contributed by atoms with E-state index in [0.29, 0.717) is 0 Å². The van der Waals surface area contributed by atoms with Crippen LogP contribution in [0.3, 0.4) is 0 Å². The van der Waals surface area contributed by atoms with Crippen molar-refractivity contribution in [2.45, 2.75) is 73.8 Å². The fourth-order valence-electron chi connectivity index (χ4n) is 19.5. The molecule has 18 heavy (non-hydrogen) atoms. The van der Waals surface area contributed by atoms with E-state index in [2.05, 4.69) is 19.2 Å². The van der Waals surface area contributed by atoms with E-state index < -0.39 is 6.51 Å². The molecule has 102 valence electrons. The minimum atomic E-state index is -2.72. The third kappa shape index (κ3) is 0.0731. The third-order valence-electron chi connectivity index (χ3n) is 16.5. The molecule has 0 amide bonds. The van der Waals surface area contributed by atoms with Gasteiger partial charge >= 0.3 is 80.4 Å². The van der Waals surface area contributed by atoms with Crippen LogP contribution in [0.4, 0.5) is 0 Å². The Hall–Kier alpha value is 0.479. The molecule has 10 aliphatic heterocycles. The molecule has 1 N–H and O–H groups in total. The van der Waals surface area contributed by atoms with E-state index in [-0.39, 0.29) is 0 Å². The molecular formula is C16H25FeN. The van der Waals surface area contributed by atoms with Gasteiger partial charge in [0, 0.05) is 0 Å². The molecule has 10 heterocycles. The Balaban J connectivity index is 0.000000211. The zero-order chi connectivity index (χ0) is 12.1. The van der Waals surface area contributed by atoms with Gasteiger partial charge in [-0.15, -0.1) is 0 Å². The van der Waals surface area contributed by atoms with Crippen LogP contribution < -0.4 is 5.32 Å². The summed E-state index contributed by atoms with van der Waals surface area (Å²) >= 11 is 0. The Kier molecular flexibility index (Phi) is 0.298. The first-order valence-electron chi connectivity index (χ1n) is 8.26. The zero-order valence-corrected chi connectivity index (χ0v) is 13.0. The molecule has 10 fully saturated rings. The minimum Gasteiger partial charge on any atom is -0.323 e. The molecule has 0 aromatic carbocycles. The molecule has 10 aliphatic rings. The quantitative estimate of drug-likeness (QED) is 0.721. The summed E-state index contributed by atoms with van der Waals surface area (Å²) in [6.45, 7) is 2.48. The number of rotatable bonds is 2. The molecule has 0 aliphatic carbocycles. The molecule has 0 saturated carbocycles. The van der Waals surface area contributed by atoms with Crippen molar-refractivity contribution in [2.24, 2.45) is 0 Å². The minimum absolute atomic E-state index is 1.20. The number of nitrogens with one attached hydrogen (secondary N) is 1. The van der Waals surface area contributed by atoms with Crippen molar-refractivity contribution in [1.29, 1.82) is 0 Å². The molecule has 0 aromatic heterocycles. The maximum atomic E-state index is 2.75. The number of hydrogen-bond donors (Lipinski definition) is 1. The van der Waals surface area contributed by atoms with Crippen LogP contribution in [-0.2, 0) is 6.51 Å². The van der Waals surface area contributed by atoms with E-state index in [1.165, 1.54) is 47.2 Å². The predicted molar refractivity (Wildman–Crippen MR) is 71.0 cm³/mol. The van der Waals surface area contributed by atoms with Crippen molar-refractivity contribution in [3.05, 3.63) is 0 Å². The van der Waals surface area contributed by atoms with Crippen molar-refractivity contribution in [1.82, 2.24) is 5.32 Å². The Morgan fingerprint density at radius 3 is 1.17 bits per heavy atom. The van der Waals surface area contributed by atoms with Crippen molar-refractivity contribution in [3.63, 3.8) is 0 Å². The van der Waals surface area contributed by atoms with Gasteiger partial charge in [0.2, 0.25) is 0 Å². The van der Waals surface area contributed by atoms with Crippen LogP contribution in [-0.4, -0.2) is 14.1 Å². The van der Waals surface area contributed by atoms with E-state index in [0.717, 1.165) is 0 Å². The van der Waals surface area contributed by atoms with Crippen LogP contribution in [0, 0.1) is 0 Å². The van der Waals surface area contributed by atoms with Crippen molar-refractivity contribution >= 4 is 0 Å². The van der Waals surface area contributed by atoms with Crippen LogP contribution in [0.2, 0.25) is 47.2 Å². The predicted octanol–water partition coefficient (Wildman–Crippen LogP) is 4.77. The Bertz CT molecular complexity index is 872. The van der Waals surface area contributed by atoms with E-state index in [1.54, 1.807) is 12.8 Å². The second kappa shape index (κ2) is 0.665. The summed E-state index contributed by atoms with van der Waals surface area (Å²) in [6.07, 6.45) is 3.34. The van der Waals surface area contributed by atoms with Gasteiger partial charge in [0.05, 0.1) is 0 Å². The van der Waals surface area contributed by atoms with Gasteiger partial charge in [0.1, 0.15) is 0 Å². The van der Waals surface area contributed by atoms with Gasteiger partial charge in [-0.05, 0) is 14.1 Å². The van der Waals surface area contributed by atoms with E-state index >= 15 is 0 Å². The van der Waals surface area contributed by atoms with Crippen LogP contribution in [0.25, 0.3) is 0 Å². The Labute approximate surface area is 99.8 Å². The molecule has 8 atom stereocenters. The molecular weight excluding hydrogens is 262 g/mol. The second-order valence-corrected chi connectivity index (χ2v) is 34.7. The van der Waals surface area contributed by atoms with Crippen molar-refractivity contribution < 1.29 is 6.51 Å². The maximum absolute atomic E-state index is 2.75. The summed E-state index contributed by atoms with van der Waals surface area (Å²) < 4.78 is 2.40. The average molecular weight is 287 g/mol. The number of fused-ring (bicyclic) bond motifs is 10. The van der Waals surface area contributed by atoms with E-state index in [4.69, 9.17) is 0 Å². The first-order chi connectivity index (χ1) is 8.47. The smallest absolute Gasteiger partial charge is 0.0167 e. The first-order valence-corrected chi connectivity index (χ1v) is 14.5. The Morgan fingerprint density at radius 1 is 0.778 bits per heavy atom. The second-order valence-electron chi connectivity index (χ2n) is 11.3. The molecule has 10 rings (SSSR count). The largest absolute Gasteiger partial charge is 0.323 e. The Morgan fingerprint density at radius 2 is 1.06 bits per heavy atom. The van der Waals surface area contributed by atoms with E-state index in [1.807, 2.05) is 14.1 Å². The van der Waals surface area contributed by atoms with Gasteiger partial charge in [-0.1, -0.05) is 0 Å². The maximum Gasteiger partial charge on any atom is -0.0167 e. The van der Waals surface area contributed by atoms with Crippen LogP contribution >= 0.6 is 0 Å². The zero-order valence-electron chi connectivity index (χ0n) is 11.9. The fraction of sp³-hybridized carbons (Fsp3) is 1.00. The van der Waals surface area contributed by atoms with Gasteiger partial charge in [-0.25, -0.2) is 0 Å². The molecule has 10 saturated heterocycles. The summed E-state index contributed by atoms with van der Waals surface area (Å²) in [5.41, 5.74) is 0. The van der Waals surface area contributed by atoms with Crippen LogP contribution in [0.1, 0.15) is 26.7 Å². The standard InChI is InChI=1S/2C7H9.C2H7N.Fe/c2*1-2-7-5-3-4-6-7;1-3-2;/h2*3-6H,2H2,1H3;3H,1-2H3;. The summed E-state index contributed by atoms with van der Waals surface area (Å²) in [4.78, 5) is 12.2. The molecule has 0 radical (unpaired) electrons. The molecule has 8 unspecified atom stereocenters. The summed E-state index contributed by atoms with van der Waals surface area (Å²) in [7, 11) is 3.75. The van der Waals surface area contributed by atoms with Gasteiger partial charge in [-0.2, -0.15) is 0 Å². The summed E-state index contributed by atoms with van der Waals surface area (Å²) in [5, 5.41) is 2.75. The number of hydrogen-bond acceptors (Lipinski definition) is 1. The van der Waals surface area contributed by atoms with Crippen LogP contribution in [0.15, 0.2) is 0 Å². The SMILES string of the molecule is CC[C]12[CH]3[CH]4[CH]5[CH]1[Fe]45321678[CH]2[CH]1[CH]6[C]7(CC)[CH]28.CNC. The molecule has 0 bridgehead atoms. The fourth-order valence-corrected chi connectivity index (χ4v) is 99.0. The third-order valence-corrected chi connectivity index (χ3v) is 60.9. The molecule has 2 heteroatoms. The van der Waals surface area contributed by atoms with Gasteiger partial charge in [0.15, 0.2) is 0 Å². The monoisotopic (exact) mass is 287 g/mol. The molecule has 1 spiro atoms. The van der Waals surface area contributed by atoms with Crippen LogP contribution in [0.5, 0.6) is 0 Å². The normalized spacial score (nSPS) is 116. The molecule has 0 aromatic rings. The van der Waals surface area contributed by atoms with Gasteiger partial charge in [0.25, 0.3) is 0 Å². The molecule has 1 nitrogen and oxygen atoms in total. The first kappa shape index (κ1) is 8.05. The van der Waals surface area contributed by atoms with Gasteiger partial charge < -0.3 is 5.32 Å². The van der Waals surface area contributed by atoms with E-state index in [9.17, 15) is 0 Å².